The lowest BCUT2D eigenvalue weighted by atomic mass is 9.78. The molecule has 10 nitrogen and oxygen atoms in total. The zero-order valence-electron chi connectivity index (χ0n) is 17.4. The summed E-state index contributed by atoms with van der Waals surface area (Å²) in [5.41, 5.74) is -4.05. The van der Waals surface area contributed by atoms with Gasteiger partial charge in [0.15, 0.2) is 23.4 Å². The van der Waals surface area contributed by atoms with Crippen LogP contribution in [-0.2, 0) is 38.1 Å². The zero-order valence-corrected chi connectivity index (χ0v) is 17.4. The third kappa shape index (κ3) is 3.66. The third-order valence-corrected chi connectivity index (χ3v) is 5.71. The van der Waals surface area contributed by atoms with Gasteiger partial charge in [0.1, 0.15) is 11.9 Å². The number of aliphatic hydroxyl groups excluding tert-OH is 1. The minimum atomic E-state index is -2.42. The zero-order chi connectivity index (χ0) is 23.3. The van der Waals surface area contributed by atoms with Crippen LogP contribution >= 0.6 is 0 Å². The fourth-order valence-electron chi connectivity index (χ4n) is 4.03. The van der Waals surface area contributed by atoms with Gasteiger partial charge in [0, 0.05) is 30.6 Å². The summed E-state index contributed by atoms with van der Waals surface area (Å²) in [6.07, 6.45) is -3.50. The number of aliphatic hydroxyl groups is 2. The number of carbonyl (C=O) groups is 4. The van der Waals surface area contributed by atoms with Gasteiger partial charge in [-0.05, 0) is 13.8 Å². The molecule has 3 heterocycles. The summed E-state index contributed by atoms with van der Waals surface area (Å²) in [5, 5.41) is 21.3. The summed E-state index contributed by atoms with van der Waals surface area (Å²) in [6, 6.07) is 0. The minimum Gasteiger partial charge on any atom is -0.480 e. The standard InChI is InChI=1S/C21H24O10/c1-9(2)18(25)29-12-7-20(5)13(24)6-14(31-20)21(27,8-22)17(28-11(4)23)16-15(12)10(3)19(26)30-16/h6,12,15-17,22,27H,1,3,7-8H2,2,4-5H3/t12-,15-,16+,17+,20+,21+/m1/s1. The van der Waals surface area contributed by atoms with E-state index in [2.05, 4.69) is 13.2 Å². The van der Waals surface area contributed by atoms with E-state index in [1.165, 1.54) is 13.8 Å². The molecule has 3 rings (SSSR count). The molecular weight excluding hydrogens is 412 g/mol. The molecule has 0 saturated carbocycles. The number of rotatable bonds is 4. The topological polar surface area (TPSA) is 146 Å². The monoisotopic (exact) mass is 436 g/mol. The van der Waals surface area contributed by atoms with Gasteiger partial charge in [0.2, 0.25) is 5.78 Å². The van der Waals surface area contributed by atoms with Crippen LogP contribution in [0.15, 0.2) is 36.1 Å². The third-order valence-electron chi connectivity index (χ3n) is 5.71. The fraction of sp³-hybridized carbons (Fsp3) is 0.524. The van der Waals surface area contributed by atoms with E-state index in [1.807, 2.05) is 0 Å². The Kier molecular flexibility index (Phi) is 5.57. The van der Waals surface area contributed by atoms with Crippen LogP contribution in [0.2, 0.25) is 0 Å². The van der Waals surface area contributed by atoms with Gasteiger partial charge >= 0.3 is 17.9 Å². The number of ether oxygens (including phenoxy) is 4. The Morgan fingerprint density at radius 1 is 1.29 bits per heavy atom. The molecule has 0 radical (unpaired) electrons. The lowest BCUT2D eigenvalue weighted by molar-refractivity contribution is -0.194. The highest BCUT2D eigenvalue weighted by molar-refractivity contribution is 6.00. The van der Waals surface area contributed by atoms with E-state index >= 15 is 0 Å². The molecule has 2 saturated heterocycles. The first kappa shape index (κ1) is 22.7. The average molecular weight is 436 g/mol. The Labute approximate surface area is 178 Å². The second kappa shape index (κ2) is 7.61. The molecule has 0 aliphatic carbocycles. The molecule has 0 aromatic heterocycles. The molecule has 0 aromatic rings. The van der Waals surface area contributed by atoms with Crippen molar-refractivity contribution in [2.24, 2.45) is 5.92 Å². The van der Waals surface area contributed by atoms with Crippen molar-refractivity contribution in [2.45, 2.75) is 56.7 Å². The number of hydrogen-bond donors (Lipinski definition) is 2. The van der Waals surface area contributed by atoms with Crippen LogP contribution in [0, 0.1) is 5.92 Å². The van der Waals surface area contributed by atoms with E-state index in [0.717, 1.165) is 13.0 Å². The molecule has 0 unspecified atom stereocenters. The van der Waals surface area contributed by atoms with Crippen molar-refractivity contribution in [3.8, 4) is 0 Å². The van der Waals surface area contributed by atoms with Crippen molar-refractivity contribution in [2.75, 3.05) is 6.61 Å². The predicted octanol–water partition coefficient (Wildman–Crippen LogP) is -0.127. The van der Waals surface area contributed by atoms with Crippen LogP contribution in [0.4, 0.5) is 0 Å². The van der Waals surface area contributed by atoms with E-state index in [0.29, 0.717) is 0 Å². The maximum atomic E-state index is 12.8. The molecule has 0 aromatic carbocycles. The molecular formula is C21H24O10. The molecule has 0 spiro atoms. The largest absolute Gasteiger partial charge is 0.480 e. The number of fused-ring (bicyclic) bond motifs is 3. The molecule has 2 bridgehead atoms. The fourth-order valence-corrected chi connectivity index (χ4v) is 4.03. The molecule has 6 atom stereocenters. The SMILES string of the molecule is C=C(C)C(=O)O[C@@H]1C[C@]2(C)OC(=CC2=O)[C@@](O)(CO)[C@@H](OC(C)=O)[C@H]2OC(=O)C(=C)[C@@H]21. The Balaban J connectivity index is 2.21. The van der Waals surface area contributed by atoms with Gasteiger partial charge < -0.3 is 29.2 Å². The molecule has 2 N–H and O–H groups in total. The maximum Gasteiger partial charge on any atom is 0.334 e. The average Bonchev–Trinajstić information content (AvgIpc) is 3.14. The van der Waals surface area contributed by atoms with Crippen molar-refractivity contribution < 1.29 is 48.3 Å². The van der Waals surface area contributed by atoms with Crippen molar-refractivity contribution in [1.82, 2.24) is 0 Å². The molecule has 2 fully saturated rings. The summed E-state index contributed by atoms with van der Waals surface area (Å²) in [5.74, 6) is -4.53. The Morgan fingerprint density at radius 3 is 2.48 bits per heavy atom. The number of ketones is 1. The van der Waals surface area contributed by atoms with Gasteiger partial charge in [-0.3, -0.25) is 9.59 Å². The van der Waals surface area contributed by atoms with Gasteiger partial charge in [-0.1, -0.05) is 13.2 Å². The van der Waals surface area contributed by atoms with Crippen molar-refractivity contribution >= 4 is 23.7 Å². The second-order valence-electron chi connectivity index (χ2n) is 8.17. The van der Waals surface area contributed by atoms with Crippen molar-refractivity contribution in [3.05, 3.63) is 36.1 Å². The minimum absolute atomic E-state index is 0.0679. The van der Waals surface area contributed by atoms with Gasteiger partial charge in [-0.2, -0.15) is 0 Å². The number of esters is 3. The molecule has 3 aliphatic rings. The predicted molar refractivity (Wildman–Crippen MR) is 102 cm³/mol. The van der Waals surface area contributed by atoms with E-state index < -0.39 is 65.7 Å². The van der Waals surface area contributed by atoms with Crippen LogP contribution in [0.3, 0.4) is 0 Å². The first-order chi connectivity index (χ1) is 14.3. The van der Waals surface area contributed by atoms with Gasteiger partial charge in [0.25, 0.3) is 0 Å². The quantitative estimate of drug-likeness (QED) is 0.347. The number of hydrogen-bond acceptors (Lipinski definition) is 10. The first-order valence-electron chi connectivity index (χ1n) is 9.56. The number of carbonyl (C=O) groups excluding carboxylic acids is 4. The van der Waals surface area contributed by atoms with Gasteiger partial charge in [0.05, 0.1) is 12.5 Å². The molecule has 168 valence electrons. The summed E-state index contributed by atoms with van der Waals surface area (Å²) in [7, 11) is 0. The van der Waals surface area contributed by atoms with E-state index in [4.69, 9.17) is 18.9 Å². The summed E-state index contributed by atoms with van der Waals surface area (Å²) in [4.78, 5) is 49.3. The van der Waals surface area contributed by atoms with E-state index in [-0.39, 0.29) is 23.3 Å². The Morgan fingerprint density at radius 2 is 1.94 bits per heavy atom. The summed E-state index contributed by atoms with van der Waals surface area (Å²) >= 11 is 0. The van der Waals surface area contributed by atoms with Crippen molar-refractivity contribution in [3.63, 3.8) is 0 Å². The maximum absolute atomic E-state index is 12.8. The van der Waals surface area contributed by atoms with Crippen LogP contribution in [0.5, 0.6) is 0 Å². The molecule has 31 heavy (non-hydrogen) atoms. The normalized spacial score (nSPS) is 36.8. The molecule has 3 aliphatic heterocycles. The highest BCUT2D eigenvalue weighted by Crippen LogP contribution is 2.47. The van der Waals surface area contributed by atoms with Crippen molar-refractivity contribution in [1.29, 1.82) is 0 Å². The summed E-state index contributed by atoms with van der Waals surface area (Å²) in [6.45, 7) is 10.1. The van der Waals surface area contributed by atoms with Crippen LogP contribution in [0.25, 0.3) is 0 Å². The Hall–Kier alpha value is -2.98. The van der Waals surface area contributed by atoms with Crippen LogP contribution in [-0.4, -0.2) is 70.0 Å². The molecule has 10 heteroatoms. The highest BCUT2D eigenvalue weighted by atomic mass is 16.6. The van der Waals surface area contributed by atoms with E-state index in [1.54, 1.807) is 0 Å². The second-order valence-corrected chi connectivity index (χ2v) is 8.17. The van der Waals surface area contributed by atoms with E-state index in [9.17, 15) is 29.4 Å². The lowest BCUT2D eigenvalue weighted by Crippen LogP contribution is -2.57. The summed E-state index contributed by atoms with van der Waals surface area (Å²) < 4.78 is 21.9. The first-order valence-corrected chi connectivity index (χ1v) is 9.56. The van der Waals surface area contributed by atoms with Crippen LogP contribution < -0.4 is 0 Å². The highest BCUT2D eigenvalue weighted by Gasteiger charge is 2.63. The lowest BCUT2D eigenvalue weighted by Gasteiger charge is -2.38. The molecule has 0 amide bonds. The van der Waals surface area contributed by atoms with Gasteiger partial charge in [-0.25, -0.2) is 9.59 Å². The smallest absolute Gasteiger partial charge is 0.334 e. The van der Waals surface area contributed by atoms with Crippen LogP contribution in [0.1, 0.15) is 27.2 Å². The van der Waals surface area contributed by atoms with Gasteiger partial charge in [-0.15, -0.1) is 0 Å². The Bertz CT molecular complexity index is 917.